The Hall–Kier alpha value is -2.89. The third-order valence-electron chi connectivity index (χ3n) is 4.31. The van der Waals surface area contributed by atoms with Crippen LogP contribution in [0.5, 0.6) is 0 Å². The Morgan fingerprint density at radius 1 is 1.12 bits per heavy atom. The molecule has 0 aliphatic heterocycles. The van der Waals surface area contributed by atoms with Crippen molar-refractivity contribution in [3.8, 4) is 11.4 Å². The average Bonchev–Trinajstić information content (AvgIpc) is 3.11. The summed E-state index contributed by atoms with van der Waals surface area (Å²) in [6.45, 7) is 4.91. The topological polar surface area (TPSA) is 73.6 Å². The molecule has 0 saturated heterocycles. The fraction of sp³-hybridized carbons (Fsp3) is 0.350. The van der Waals surface area contributed by atoms with Gasteiger partial charge in [-0.1, -0.05) is 37.6 Å². The van der Waals surface area contributed by atoms with E-state index in [9.17, 15) is 4.79 Å². The molecule has 2 aromatic heterocycles. The van der Waals surface area contributed by atoms with Crippen LogP contribution in [0, 0.1) is 6.92 Å². The zero-order valence-corrected chi connectivity index (χ0v) is 15.2. The van der Waals surface area contributed by atoms with E-state index in [1.54, 1.807) is 17.2 Å². The van der Waals surface area contributed by atoms with Gasteiger partial charge in [-0.2, -0.15) is 4.80 Å². The monoisotopic (exact) mass is 349 g/mol. The smallest absolute Gasteiger partial charge is 0.204 e. The minimum absolute atomic E-state index is 0.178. The van der Waals surface area contributed by atoms with Crippen LogP contribution in [-0.2, 0) is 24.2 Å². The molecule has 26 heavy (non-hydrogen) atoms. The molecule has 0 N–H and O–H groups in total. The summed E-state index contributed by atoms with van der Waals surface area (Å²) in [7, 11) is 0. The maximum Gasteiger partial charge on any atom is 0.204 e. The first-order chi connectivity index (χ1) is 12.7. The van der Waals surface area contributed by atoms with Gasteiger partial charge >= 0.3 is 0 Å². The van der Waals surface area contributed by atoms with Gasteiger partial charge in [-0.05, 0) is 41.3 Å². The molecule has 0 aliphatic rings. The van der Waals surface area contributed by atoms with Gasteiger partial charge in [0.15, 0.2) is 0 Å². The zero-order chi connectivity index (χ0) is 18.4. The molecule has 0 amide bonds. The van der Waals surface area contributed by atoms with Gasteiger partial charge in [-0.3, -0.25) is 9.78 Å². The largest absolute Gasteiger partial charge is 0.299 e. The van der Waals surface area contributed by atoms with Gasteiger partial charge < -0.3 is 0 Å². The van der Waals surface area contributed by atoms with E-state index in [0.29, 0.717) is 18.7 Å². The van der Waals surface area contributed by atoms with E-state index in [1.807, 2.05) is 37.3 Å². The first-order valence-electron chi connectivity index (χ1n) is 8.94. The maximum absolute atomic E-state index is 12.3. The number of nitrogens with zero attached hydrogens (tertiary/aromatic N) is 5. The Morgan fingerprint density at radius 2 is 1.92 bits per heavy atom. The Balaban J connectivity index is 1.61. The van der Waals surface area contributed by atoms with Crippen LogP contribution in [-0.4, -0.2) is 31.0 Å². The van der Waals surface area contributed by atoms with Crippen LogP contribution in [0.2, 0.25) is 0 Å². The molecule has 0 radical (unpaired) electrons. The molecule has 6 heteroatoms. The molecule has 0 unspecified atom stereocenters. The second-order valence-electron chi connectivity index (χ2n) is 6.45. The number of carbonyl (C=O) groups excluding carboxylic acids is 1. The fourth-order valence-corrected chi connectivity index (χ4v) is 2.71. The normalized spacial score (nSPS) is 10.8. The lowest BCUT2D eigenvalue weighted by atomic mass is 10.0. The minimum atomic E-state index is 0.178. The predicted molar refractivity (Wildman–Crippen MR) is 99.6 cm³/mol. The number of aryl methyl sites for hydroxylation is 2. The molecular weight excluding hydrogens is 326 g/mol. The highest BCUT2D eigenvalue weighted by molar-refractivity contribution is 5.83. The molecule has 6 nitrogen and oxygen atoms in total. The van der Waals surface area contributed by atoms with Crippen molar-refractivity contribution >= 4 is 5.78 Å². The molecule has 0 spiro atoms. The fourth-order valence-electron chi connectivity index (χ4n) is 2.71. The van der Waals surface area contributed by atoms with Crippen molar-refractivity contribution in [2.75, 3.05) is 0 Å². The number of ketones is 1. The lowest BCUT2D eigenvalue weighted by Gasteiger charge is -2.05. The Kier molecular flexibility index (Phi) is 5.84. The highest BCUT2D eigenvalue weighted by Crippen LogP contribution is 2.16. The van der Waals surface area contributed by atoms with Crippen molar-refractivity contribution in [1.29, 1.82) is 0 Å². The number of aromatic nitrogens is 5. The van der Waals surface area contributed by atoms with Gasteiger partial charge in [-0.25, -0.2) is 0 Å². The van der Waals surface area contributed by atoms with Gasteiger partial charge in [-0.15, -0.1) is 10.2 Å². The van der Waals surface area contributed by atoms with Gasteiger partial charge in [0.2, 0.25) is 5.82 Å². The van der Waals surface area contributed by atoms with Crippen LogP contribution in [0.15, 0.2) is 42.7 Å². The number of Topliss-reactive ketones (excluding diaryl/α,β-unsaturated/α-hetero) is 1. The maximum atomic E-state index is 12.3. The number of pyridine rings is 1. The van der Waals surface area contributed by atoms with Crippen molar-refractivity contribution < 1.29 is 4.79 Å². The van der Waals surface area contributed by atoms with Crippen molar-refractivity contribution in [2.24, 2.45) is 0 Å². The summed E-state index contributed by atoms with van der Waals surface area (Å²) in [4.78, 5) is 18.1. The summed E-state index contributed by atoms with van der Waals surface area (Å²) in [6.07, 6.45) is 6.46. The van der Waals surface area contributed by atoms with E-state index >= 15 is 0 Å². The summed E-state index contributed by atoms with van der Waals surface area (Å²) in [5.74, 6) is 0.794. The van der Waals surface area contributed by atoms with Crippen LogP contribution >= 0.6 is 0 Å². The average molecular weight is 349 g/mol. The van der Waals surface area contributed by atoms with Crippen LogP contribution in [0.25, 0.3) is 11.4 Å². The molecule has 0 atom stereocenters. The molecule has 0 bridgehead atoms. The van der Waals surface area contributed by atoms with Gasteiger partial charge in [0.05, 0.1) is 6.54 Å². The molecule has 0 aliphatic carbocycles. The third-order valence-corrected chi connectivity index (χ3v) is 4.31. The third kappa shape index (κ3) is 4.59. The van der Waals surface area contributed by atoms with Gasteiger partial charge in [0.25, 0.3) is 0 Å². The molecule has 3 rings (SSSR count). The Morgan fingerprint density at radius 3 is 2.65 bits per heavy atom. The van der Waals surface area contributed by atoms with E-state index < -0.39 is 0 Å². The number of rotatable bonds is 8. The van der Waals surface area contributed by atoms with Crippen LogP contribution in [0.1, 0.15) is 36.5 Å². The number of benzene rings is 1. The quantitative estimate of drug-likeness (QED) is 0.624. The molecule has 1 aromatic carbocycles. The lowest BCUT2D eigenvalue weighted by Crippen LogP contribution is -2.08. The van der Waals surface area contributed by atoms with Crippen molar-refractivity contribution in [1.82, 2.24) is 25.2 Å². The summed E-state index contributed by atoms with van der Waals surface area (Å²) in [6, 6.07) is 9.72. The molecule has 0 saturated carbocycles. The van der Waals surface area contributed by atoms with Crippen LogP contribution in [0.4, 0.5) is 0 Å². The summed E-state index contributed by atoms with van der Waals surface area (Å²) < 4.78 is 0. The Bertz CT molecular complexity index is 870. The lowest BCUT2D eigenvalue weighted by molar-refractivity contribution is -0.117. The van der Waals surface area contributed by atoms with Crippen molar-refractivity contribution in [3.63, 3.8) is 0 Å². The SMILES string of the molecule is CCCCn1nnc(-c2ccc(CC(=O)Cc3cnccc3C)cc2)n1. The second kappa shape index (κ2) is 8.47. The second-order valence-corrected chi connectivity index (χ2v) is 6.45. The van der Waals surface area contributed by atoms with Gasteiger partial charge in [0, 0.05) is 30.8 Å². The zero-order valence-electron chi connectivity index (χ0n) is 15.2. The molecule has 134 valence electrons. The molecule has 3 aromatic rings. The van der Waals surface area contributed by atoms with Crippen molar-refractivity contribution in [2.45, 2.75) is 46.1 Å². The summed E-state index contributed by atoms with van der Waals surface area (Å²) in [5.41, 5.74) is 3.98. The van der Waals surface area contributed by atoms with Crippen LogP contribution < -0.4 is 0 Å². The highest BCUT2D eigenvalue weighted by atomic mass is 16.1. The highest BCUT2D eigenvalue weighted by Gasteiger charge is 2.09. The standard InChI is InChI=1S/C20H23N5O/c1-3-4-11-25-23-20(22-24-25)17-7-5-16(6-8-17)12-19(26)13-18-14-21-10-9-15(18)2/h5-10,14H,3-4,11-13H2,1-2H3. The number of unbranched alkanes of at least 4 members (excludes halogenated alkanes) is 1. The minimum Gasteiger partial charge on any atom is -0.299 e. The van der Waals surface area contributed by atoms with Gasteiger partial charge in [0.1, 0.15) is 5.78 Å². The van der Waals surface area contributed by atoms with E-state index in [-0.39, 0.29) is 5.78 Å². The van der Waals surface area contributed by atoms with Crippen LogP contribution in [0.3, 0.4) is 0 Å². The van der Waals surface area contributed by atoms with E-state index in [1.165, 1.54) is 0 Å². The first kappa shape index (κ1) is 17.9. The molecule has 0 fully saturated rings. The van der Waals surface area contributed by atoms with E-state index in [4.69, 9.17) is 0 Å². The Labute approximate surface area is 153 Å². The number of hydrogen-bond donors (Lipinski definition) is 0. The van der Waals surface area contributed by atoms with E-state index in [2.05, 4.69) is 27.3 Å². The molecule has 2 heterocycles. The molecular formula is C20H23N5O. The summed E-state index contributed by atoms with van der Waals surface area (Å²) >= 11 is 0. The first-order valence-corrected chi connectivity index (χ1v) is 8.94. The number of hydrogen-bond acceptors (Lipinski definition) is 5. The predicted octanol–water partition coefficient (Wildman–Crippen LogP) is 3.20. The van der Waals surface area contributed by atoms with Crippen molar-refractivity contribution in [3.05, 3.63) is 59.4 Å². The van der Waals surface area contributed by atoms with E-state index in [0.717, 1.165) is 41.6 Å². The number of carbonyl (C=O) groups is 1. The number of tetrazole rings is 1. The summed E-state index contributed by atoms with van der Waals surface area (Å²) in [5, 5.41) is 12.6.